The molecule has 1 N–H and O–H groups in total. The minimum atomic E-state index is -0.567. The van der Waals surface area contributed by atoms with Gasteiger partial charge in [0.2, 0.25) is 0 Å². The van der Waals surface area contributed by atoms with Gasteiger partial charge in [0.25, 0.3) is 11.8 Å². The van der Waals surface area contributed by atoms with Crippen molar-refractivity contribution in [3.63, 3.8) is 0 Å². The SMILES string of the molecule is CC1CNC(=O)c2cc(-c3cccc(C(=O)N(C)C)c3F)cn21. The summed E-state index contributed by atoms with van der Waals surface area (Å²) in [6.45, 7) is 2.52. The third kappa shape index (κ3) is 2.50. The lowest BCUT2D eigenvalue weighted by atomic mass is 10.0. The van der Waals surface area contributed by atoms with Crippen LogP contribution in [0.4, 0.5) is 4.39 Å². The fourth-order valence-electron chi connectivity index (χ4n) is 2.76. The molecule has 3 rings (SSSR count). The quantitative estimate of drug-likeness (QED) is 0.924. The Labute approximate surface area is 133 Å². The van der Waals surface area contributed by atoms with E-state index in [0.29, 0.717) is 23.4 Å². The van der Waals surface area contributed by atoms with Crippen LogP contribution in [0.25, 0.3) is 11.1 Å². The number of aromatic nitrogens is 1. The molecule has 2 amide bonds. The van der Waals surface area contributed by atoms with Crippen molar-refractivity contribution in [2.24, 2.45) is 0 Å². The predicted octanol–water partition coefficient (Wildman–Crippen LogP) is 2.30. The number of halogens is 1. The smallest absolute Gasteiger partial charge is 0.268 e. The van der Waals surface area contributed by atoms with E-state index in [0.717, 1.165) is 0 Å². The summed E-state index contributed by atoms with van der Waals surface area (Å²) in [4.78, 5) is 25.3. The number of carbonyl (C=O) groups excluding carboxylic acids is 2. The molecular formula is C17H18FN3O2. The molecule has 1 atom stereocenters. The first-order valence-corrected chi connectivity index (χ1v) is 7.40. The van der Waals surface area contributed by atoms with Gasteiger partial charge in [-0.3, -0.25) is 9.59 Å². The molecule has 6 heteroatoms. The number of nitrogens with one attached hydrogen (secondary N) is 1. The first-order valence-electron chi connectivity index (χ1n) is 7.40. The monoisotopic (exact) mass is 315 g/mol. The van der Waals surface area contributed by atoms with Gasteiger partial charge in [-0.1, -0.05) is 12.1 Å². The van der Waals surface area contributed by atoms with Gasteiger partial charge in [-0.2, -0.15) is 0 Å². The minimum absolute atomic E-state index is 0.0224. The van der Waals surface area contributed by atoms with Gasteiger partial charge in [0.15, 0.2) is 0 Å². The first kappa shape index (κ1) is 15.3. The highest BCUT2D eigenvalue weighted by Gasteiger charge is 2.25. The number of rotatable bonds is 2. The Bertz CT molecular complexity index is 795. The Kier molecular flexibility index (Phi) is 3.67. The fourth-order valence-corrected chi connectivity index (χ4v) is 2.76. The average Bonchev–Trinajstić information content (AvgIpc) is 2.97. The van der Waals surface area contributed by atoms with E-state index in [1.807, 2.05) is 11.5 Å². The van der Waals surface area contributed by atoms with Gasteiger partial charge in [-0.05, 0) is 19.1 Å². The Morgan fingerprint density at radius 2 is 2.13 bits per heavy atom. The first-order chi connectivity index (χ1) is 10.9. The minimum Gasteiger partial charge on any atom is -0.349 e. The Balaban J connectivity index is 2.10. The number of hydrogen-bond donors (Lipinski definition) is 1. The molecule has 120 valence electrons. The summed E-state index contributed by atoms with van der Waals surface area (Å²) in [5, 5.41) is 2.80. The van der Waals surface area contributed by atoms with E-state index in [4.69, 9.17) is 0 Å². The Morgan fingerprint density at radius 3 is 2.78 bits per heavy atom. The van der Waals surface area contributed by atoms with Crippen LogP contribution in [0.1, 0.15) is 33.8 Å². The van der Waals surface area contributed by atoms with Crippen LogP contribution in [0.2, 0.25) is 0 Å². The third-order valence-corrected chi connectivity index (χ3v) is 4.06. The molecule has 1 aliphatic rings. The summed E-state index contributed by atoms with van der Waals surface area (Å²) in [5.41, 5.74) is 1.44. The van der Waals surface area contributed by atoms with E-state index in [-0.39, 0.29) is 23.4 Å². The molecule has 2 heterocycles. The van der Waals surface area contributed by atoms with Crippen LogP contribution in [0.15, 0.2) is 30.5 Å². The second-order valence-electron chi connectivity index (χ2n) is 5.95. The van der Waals surface area contributed by atoms with Gasteiger partial charge in [-0.15, -0.1) is 0 Å². The summed E-state index contributed by atoms with van der Waals surface area (Å²) < 4.78 is 16.6. The normalized spacial score (nSPS) is 16.7. The highest BCUT2D eigenvalue weighted by molar-refractivity contribution is 5.97. The molecular weight excluding hydrogens is 297 g/mol. The standard InChI is InChI=1S/C17H18FN3O2/c1-10-8-19-16(22)14-7-11(9-21(10)14)12-5-4-6-13(15(12)18)17(23)20(2)3/h4-7,9-10H,8H2,1-3H3,(H,19,22). The summed E-state index contributed by atoms with van der Waals surface area (Å²) >= 11 is 0. The van der Waals surface area contributed by atoms with E-state index in [1.54, 1.807) is 38.5 Å². The van der Waals surface area contributed by atoms with E-state index in [9.17, 15) is 14.0 Å². The largest absolute Gasteiger partial charge is 0.349 e. The van der Waals surface area contributed by atoms with Gasteiger partial charge >= 0.3 is 0 Å². The molecule has 1 aliphatic heterocycles. The van der Waals surface area contributed by atoms with Gasteiger partial charge in [0, 0.05) is 44.0 Å². The Hall–Kier alpha value is -2.63. The van der Waals surface area contributed by atoms with Crippen molar-refractivity contribution < 1.29 is 14.0 Å². The molecule has 0 fully saturated rings. The number of amides is 2. The summed E-state index contributed by atoms with van der Waals surface area (Å²) in [6, 6.07) is 6.49. The van der Waals surface area contributed by atoms with Crippen molar-refractivity contribution in [2.75, 3.05) is 20.6 Å². The zero-order valence-corrected chi connectivity index (χ0v) is 13.3. The van der Waals surface area contributed by atoms with Crippen LogP contribution >= 0.6 is 0 Å². The lowest BCUT2D eigenvalue weighted by Crippen LogP contribution is -2.37. The highest BCUT2D eigenvalue weighted by atomic mass is 19.1. The molecule has 23 heavy (non-hydrogen) atoms. The van der Waals surface area contributed by atoms with Crippen LogP contribution in [-0.2, 0) is 0 Å². The van der Waals surface area contributed by atoms with Crippen LogP contribution in [0, 0.1) is 5.82 Å². The second kappa shape index (κ2) is 5.53. The van der Waals surface area contributed by atoms with Gasteiger partial charge < -0.3 is 14.8 Å². The number of nitrogens with zero attached hydrogens (tertiary/aromatic N) is 2. The van der Waals surface area contributed by atoms with Gasteiger partial charge in [-0.25, -0.2) is 4.39 Å². The topological polar surface area (TPSA) is 54.3 Å². The highest BCUT2D eigenvalue weighted by Crippen LogP contribution is 2.30. The molecule has 0 saturated carbocycles. The van der Waals surface area contributed by atoms with E-state index < -0.39 is 5.82 Å². The maximum absolute atomic E-state index is 14.8. The molecule has 0 bridgehead atoms. The maximum atomic E-state index is 14.8. The second-order valence-corrected chi connectivity index (χ2v) is 5.95. The molecule has 0 aliphatic carbocycles. The molecule has 1 aromatic heterocycles. The van der Waals surface area contributed by atoms with Crippen LogP contribution in [0.5, 0.6) is 0 Å². The number of carbonyl (C=O) groups is 2. The van der Waals surface area contributed by atoms with Crippen molar-refractivity contribution in [3.05, 3.63) is 47.5 Å². The van der Waals surface area contributed by atoms with Crippen LogP contribution < -0.4 is 5.32 Å². The Morgan fingerprint density at radius 1 is 1.39 bits per heavy atom. The van der Waals surface area contributed by atoms with Crippen LogP contribution in [0.3, 0.4) is 0 Å². The van der Waals surface area contributed by atoms with Crippen molar-refractivity contribution >= 4 is 11.8 Å². The zero-order chi connectivity index (χ0) is 16.7. The summed E-state index contributed by atoms with van der Waals surface area (Å²) in [6.07, 6.45) is 1.76. The average molecular weight is 315 g/mol. The van der Waals surface area contributed by atoms with Crippen molar-refractivity contribution in [3.8, 4) is 11.1 Å². The number of fused-ring (bicyclic) bond motifs is 1. The number of benzene rings is 1. The van der Waals surface area contributed by atoms with Crippen molar-refractivity contribution in [2.45, 2.75) is 13.0 Å². The van der Waals surface area contributed by atoms with E-state index in [2.05, 4.69) is 5.32 Å². The van der Waals surface area contributed by atoms with Gasteiger partial charge in [0.05, 0.1) is 5.56 Å². The summed E-state index contributed by atoms with van der Waals surface area (Å²) in [7, 11) is 3.16. The molecule has 0 saturated heterocycles. The van der Waals surface area contributed by atoms with E-state index >= 15 is 0 Å². The van der Waals surface area contributed by atoms with Gasteiger partial charge in [0.1, 0.15) is 11.5 Å². The molecule has 5 nitrogen and oxygen atoms in total. The fraction of sp³-hybridized carbons (Fsp3) is 0.294. The molecule has 2 aromatic rings. The molecule has 0 spiro atoms. The lowest BCUT2D eigenvalue weighted by Gasteiger charge is -2.22. The van der Waals surface area contributed by atoms with Crippen molar-refractivity contribution in [1.29, 1.82) is 0 Å². The summed E-state index contributed by atoms with van der Waals surface area (Å²) in [5.74, 6) is -1.13. The van der Waals surface area contributed by atoms with Crippen molar-refractivity contribution in [1.82, 2.24) is 14.8 Å². The lowest BCUT2D eigenvalue weighted by molar-refractivity contribution is 0.0822. The third-order valence-electron chi connectivity index (χ3n) is 4.06. The maximum Gasteiger partial charge on any atom is 0.268 e. The predicted molar refractivity (Wildman–Crippen MR) is 84.9 cm³/mol. The van der Waals surface area contributed by atoms with Crippen LogP contribution in [-0.4, -0.2) is 41.9 Å². The molecule has 1 aromatic carbocycles. The zero-order valence-electron chi connectivity index (χ0n) is 13.3. The number of hydrogen-bond acceptors (Lipinski definition) is 2. The van der Waals surface area contributed by atoms with E-state index in [1.165, 1.54) is 11.0 Å². The molecule has 1 unspecified atom stereocenters. The molecule has 0 radical (unpaired) electrons.